The van der Waals surface area contributed by atoms with Crippen LogP contribution in [-0.4, -0.2) is 102 Å². The number of piperazine rings is 2. The number of β-amino-alcohol motifs (C(OH)–C–C–N with tert-alkyl or cyclic N) is 1. The molecule has 0 atom stereocenters. The lowest BCUT2D eigenvalue weighted by atomic mass is 10.2. The van der Waals surface area contributed by atoms with E-state index in [0.717, 1.165) is 61.9 Å². The number of aliphatic hydroxyl groups is 1. The number of carbonyl (C=O) groups excluding carboxylic acids is 1. The van der Waals surface area contributed by atoms with Crippen LogP contribution in [0, 0.1) is 0 Å². The summed E-state index contributed by atoms with van der Waals surface area (Å²) in [5.74, 6) is 1.73. The number of hydrogen-bond donors (Lipinski definition) is 1. The molecule has 0 saturated carbocycles. The van der Waals surface area contributed by atoms with Gasteiger partial charge in [-0.3, -0.25) is 14.7 Å². The van der Waals surface area contributed by atoms with Crippen molar-refractivity contribution < 1.29 is 9.90 Å². The molecule has 1 N–H and O–H groups in total. The van der Waals surface area contributed by atoms with Crippen LogP contribution in [-0.2, 0) is 0 Å². The van der Waals surface area contributed by atoms with Crippen molar-refractivity contribution in [3.05, 3.63) is 40.6 Å². The molecule has 10 heteroatoms. The van der Waals surface area contributed by atoms with Crippen LogP contribution in [0.4, 0.5) is 11.6 Å². The van der Waals surface area contributed by atoms with Crippen molar-refractivity contribution in [2.24, 2.45) is 0 Å². The molecule has 2 aliphatic rings. The van der Waals surface area contributed by atoms with Crippen molar-refractivity contribution in [2.75, 3.05) is 75.3 Å². The predicted molar refractivity (Wildman–Crippen MR) is 118 cm³/mol. The molecule has 0 spiro atoms. The van der Waals surface area contributed by atoms with Gasteiger partial charge in [-0.2, -0.15) is 0 Å². The second kappa shape index (κ2) is 9.67. The Labute approximate surface area is 184 Å². The van der Waals surface area contributed by atoms with E-state index < -0.39 is 0 Å². The fourth-order valence-electron chi connectivity index (χ4n) is 3.85. The topological polar surface area (TPSA) is 88.9 Å². The normalized spacial score (nSPS) is 18.0. The van der Waals surface area contributed by atoms with Gasteiger partial charge in [-0.05, 0) is 34.1 Å². The number of nitrogens with zero attached hydrogens (tertiary/aromatic N) is 7. The summed E-state index contributed by atoms with van der Waals surface area (Å²) in [7, 11) is 0. The van der Waals surface area contributed by atoms with Gasteiger partial charge in [0.05, 0.1) is 12.2 Å². The Morgan fingerprint density at radius 2 is 1.53 bits per heavy atom. The van der Waals surface area contributed by atoms with Crippen molar-refractivity contribution in [1.29, 1.82) is 0 Å². The molecule has 1 amide bonds. The molecular formula is C20H26BrN7O2. The van der Waals surface area contributed by atoms with Gasteiger partial charge in [-0.15, -0.1) is 10.2 Å². The zero-order valence-electron chi connectivity index (χ0n) is 16.8. The molecule has 2 aliphatic heterocycles. The highest BCUT2D eigenvalue weighted by Crippen LogP contribution is 2.19. The number of amides is 1. The number of halogens is 1. The van der Waals surface area contributed by atoms with E-state index in [0.29, 0.717) is 18.7 Å². The molecule has 2 saturated heterocycles. The largest absolute Gasteiger partial charge is 0.395 e. The average Bonchev–Trinajstić information content (AvgIpc) is 2.80. The van der Waals surface area contributed by atoms with E-state index in [2.05, 4.69) is 45.8 Å². The maximum Gasteiger partial charge on any atom is 0.255 e. The van der Waals surface area contributed by atoms with E-state index in [-0.39, 0.29) is 12.5 Å². The minimum atomic E-state index is 0.00484. The Hall–Kier alpha value is -2.30. The van der Waals surface area contributed by atoms with Crippen LogP contribution in [0.25, 0.3) is 0 Å². The average molecular weight is 476 g/mol. The summed E-state index contributed by atoms with van der Waals surface area (Å²) in [6.45, 7) is 7.28. The number of carbonyl (C=O) groups is 1. The van der Waals surface area contributed by atoms with E-state index in [4.69, 9.17) is 5.11 Å². The van der Waals surface area contributed by atoms with Gasteiger partial charge in [-0.1, -0.05) is 0 Å². The smallest absolute Gasteiger partial charge is 0.255 e. The molecule has 0 aliphatic carbocycles. The van der Waals surface area contributed by atoms with Crippen LogP contribution in [0.1, 0.15) is 10.4 Å². The van der Waals surface area contributed by atoms with Gasteiger partial charge in [0.25, 0.3) is 5.91 Å². The van der Waals surface area contributed by atoms with E-state index >= 15 is 0 Å². The second-order valence-corrected chi connectivity index (χ2v) is 8.39. The lowest BCUT2D eigenvalue weighted by molar-refractivity contribution is 0.0746. The molecule has 30 heavy (non-hydrogen) atoms. The summed E-state index contributed by atoms with van der Waals surface area (Å²) in [6, 6.07) is 5.84. The number of aromatic nitrogens is 3. The zero-order chi connectivity index (χ0) is 20.9. The van der Waals surface area contributed by atoms with Gasteiger partial charge >= 0.3 is 0 Å². The second-order valence-electron chi connectivity index (χ2n) is 7.47. The monoisotopic (exact) mass is 475 g/mol. The van der Waals surface area contributed by atoms with E-state index in [1.807, 2.05) is 17.0 Å². The third-order valence-corrected chi connectivity index (χ3v) is 6.03. The summed E-state index contributed by atoms with van der Waals surface area (Å²) in [6.07, 6.45) is 3.28. The third-order valence-electron chi connectivity index (χ3n) is 5.59. The van der Waals surface area contributed by atoms with Crippen LogP contribution in [0.3, 0.4) is 0 Å². The predicted octanol–water partition coefficient (Wildman–Crippen LogP) is 0.711. The Bertz CT molecular complexity index is 850. The zero-order valence-corrected chi connectivity index (χ0v) is 18.4. The quantitative estimate of drug-likeness (QED) is 0.676. The lowest BCUT2D eigenvalue weighted by Crippen LogP contribution is -2.49. The Balaban J connectivity index is 1.30. The van der Waals surface area contributed by atoms with Gasteiger partial charge in [0.1, 0.15) is 0 Å². The first-order valence-electron chi connectivity index (χ1n) is 10.2. The minimum absolute atomic E-state index is 0.00484. The molecule has 2 aromatic rings. The lowest BCUT2D eigenvalue weighted by Gasteiger charge is -2.36. The molecule has 4 heterocycles. The highest BCUT2D eigenvalue weighted by Gasteiger charge is 2.24. The fraction of sp³-hybridized carbons (Fsp3) is 0.500. The van der Waals surface area contributed by atoms with Crippen molar-refractivity contribution >= 4 is 33.5 Å². The van der Waals surface area contributed by atoms with Crippen molar-refractivity contribution in [1.82, 2.24) is 25.0 Å². The summed E-state index contributed by atoms with van der Waals surface area (Å²) >= 11 is 3.37. The molecule has 2 fully saturated rings. The van der Waals surface area contributed by atoms with Crippen LogP contribution in [0.5, 0.6) is 0 Å². The Morgan fingerprint density at radius 1 is 0.933 bits per heavy atom. The van der Waals surface area contributed by atoms with E-state index in [1.54, 1.807) is 18.5 Å². The number of rotatable bonds is 5. The van der Waals surface area contributed by atoms with Crippen LogP contribution in [0.2, 0.25) is 0 Å². The van der Waals surface area contributed by atoms with Gasteiger partial charge < -0.3 is 19.8 Å². The maximum absolute atomic E-state index is 12.7. The first-order chi connectivity index (χ1) is 14.6. The summed E-state index contributed by atoms with van der Waals surface area (Å²) < 4.78 is 0.803. The molecule has 160 valence electrons. The van der Waals surface area contributed by atoms with Crippen molar-refractivity contribution in [3.8, 4) is 0 Å². The molecule has 2 aromatic heterocycles. The van der Waals surface area contributed by atoms with E-state index in [1.165, 1.54) is 0 Å². The highest BCUT2D eigenvalue weighted by molar-refractivity contribution is 9.10. The maximum atomic E-state index is 12.7. The van der Waals surface area contributed by atoms with Crippen molar-refractivity contribution in [3.63, 3.8) is 0 Å². The number of anilines is 2. The molecule has 9 nitrogen and oxygen atoms in total. The van der Waals surface area contributed by atoms with E-state index in [9.17, 15) is 4.79 Å². The summed E-state index contributed by atoms with van der Waals surface area (Å²) in [4.78, 5) is 25.3. The molecule has 0 bridgehead atoms. The third kappa shape index (κ3) is 4.88. The van der Waals surface area contributed by atoms with Gasteiger partial charge in [0, 0.05) is 75.8 Å². The Morgan fingerprint density at radius 3 is 2.07 bits per heavy atom. The number of pyridine rings is 1. The summed E-state index contributed by atoms with van der Waals surface area (Å²) in [5.41, 5.74) is 0.598. The standard InChI is InChI=1S/C20H26BrN7O2/c21-17-13-16(14-22-15-17)20(30)28-9-7-27(8-10-28)19-2-1-18(23-24-19)26-5-3-25(4-6-26)11-12-29/h1-2,13-15,29H,3-12H2. The SMILES string of the molecule is O=C(c1cncc(Br)c1)N1CCN(c2ccc(N3CCN(CCO)CC3)nn2)CC1. The van der Waals surface area contributed by atoms with Crippen LogP contribution < -0.4 is 9.80 Å². The fourth-order valence-corrected chi connectivity index (χ4v) is 4.21. The van der Waals surface area contributed by atoms with Crippen molar-refractivity contribution in [2.45, 2.75) is 0 Å². The van der Waals surface area contributed by atoms with Crippen LogP contribution in [0.15, 0.2) is 35.1 Å². The summed E-state index contributed by atoms with van der Waals surface area (Å²) in [5, 5.41) is 17.9. The molecule has 0 radical (unpaired) electrons. The van der Waals surface area contributed by atoms with Crippen LogP contribution >= 0.6 is 15.9 Å². The molecule has 0 unspecified atom stereocenters. The number of aliphatic hydroxyl groups excluding tert-OH is 1. The number of hydrogen-bond acceptors (Lipinski definition) is 8. The first-order valence-corrected chi connectivity index (χ1v) is 11.0. The highest BCUT2D eigenvalue weighted by atomic mass is 79.9. The molecule has 0 aromatic carbocycles. The van der Waals surface area contributed by atoms with Gasteiger partial charge in [0.2, 0.25) is 0 Å². The van der Waals surface area contributed by atoms with Gasteiger partial charge in [-0.25, -0.2) is 0 Å². The minimum Gasteiger partial charge on any atom is -0.395 e. The Kier molecular flexibility index (Phi) is 6.76. The first kappa shape index (κ1) is 21.0. The van der Waals surface area contributed by atoms with Gasteiger partial charge in [0.15, 0.2) is 11.6 Å². The molecule has 4 rings (SSSR count). The molecular weight excluding hydrogens is 450 g/mol.